The summed E-state index contributed by atoms with van der Waals surface area (Å²) in [5.74, 6) is 1.48. The minimum absolute atomic E-state index is 0.224. The SMILES string of the molecule is COc1c(-c2ccc(N3C[C@@H](C)O[C@@H](C)C3)cc2)cnc2c(-c3cnc(N(C)C)nc3)cccc12. The molecule has 7 nitrogen and oxygen atoms in total. The van der Waals surface area contributed by atoms with Gasteiger partial charge in [-0.2, -0.15) is 0 Å². The average molecular weight is 470 g/mol. The molecule has 180 valence electrons. The molecule has 2 aromatic carbocycles. The Labute approximate surface area is 206 Å². The van der Waals surface area contributed by atoms with E-state index in [1.165, 1.54) is 5.69 Å². The van der Waals surface area contributed by atoms with Crippen molar-refractivity contribution in [3.05, 3.63) is 61.1 Å². The van der Waals surface area contributed by atoms with Gasteiger partial charge in [0.25, 0.3) is 0 Å². The molecule has 0 radical (unpaired) electrons. The second-order valence-corrected chi connectivity index (χ2v) is 9.28. The lowest BCUT2D eigenvalue weighted by Crippen LogP contribution is -2.45. The number of methoxy groups -OCH3 is 1. The van der Waals surface area contributed by atoms with Crippen molar-refractivity contribution in [2.45, 2.75) is 26.1 Å². The maximum atomic E-state index is 5.92. The van der Waals surface area contributed by atoms with Crippen molar-refractivity contribution in [3.63, 3.8) is 0 Å². The first kappa shape index (κ1) is 23.1. The monoisotopic (exact) mass is 469 g/mol. The lowest BCUT2D eigenvalue weighted by Gasteiger charge is -2.36. The molecular weight excluding hydrogens is 438 g/mol. The van der Waals surface area contributed by atoms with Crippen molar-refractivity contribution < 1.29 is 9.47 Å². The molecule has 1 aliphatic heterocycles. The first-order chi connectivity index (χ1) is 16.9. The highest BCUT2D eigenvalue weighted by molar-refractivity contribution is 6.00. The van der Waals surface area contributed by atoms with Crippen molar-refractivity contribution in [1.29, 1.82) is 0 Å². The Morgan fingerprint density at radius 2 is 1.54 bits per heavy atom. The van der Waals surface area contributed by atoms with Gasteiger partial charge >= 0.3 is 0 Å². The largest absolute Gasteiger partial charge is 0.495 e. The Hall–Kier alpha value is -3.71. The minimum atomic E-state index is 0.224. The highest BCUT2D eigenvalue weighted by Gasteiger charge is 2.22. The van der Waals surface area contributed by atoms with E-state index in [1.807, 2.05) is 55.8 Å². The molecular formula is C28H31N5O2. The molecule has 0 unspecified atom stereocenters. The van der Waals surface area contributed by atoms with Crippen LogP contribution in [0.15, 0.2) is 61.1 Å². The summed E-state index contributed by atoms with van der Waals surface area (Å²) in [6.45, 7) is 6.04. The number of anilines is 2. The van der Waals surface area contributed by atoms with Crippen LogP contribution in [0.1, 0.15) is 13.8 Å². The summed E-state index contributed by atoms with van der Waals surface area (Å²) in [4.78, 5) is 18.1. The van der Waals surface area contributed by atoms with Crippen LogP contribution in [-0.4, -0.2) is 61.5 Å². The Bertz CT molecular complexity index is 1310. The molecule has 0 N–H and O–H groups in total. The summed E-state index contributed by atoms with van der Waals surface area (Å²) in [5, 5.41) is 0.957. The third-order valence-electron chi connectivity index (χ3n) is 6.36. The standard InChI is InChI=1S/C28H31N5O2/c1-18-16-33(17-19(2)35-18)22-11-9-20(10-12-22)25-15-29-26-23(7-6-8-24(26)27(25)34-5)21-13-30-28(31-14-21)32(3)4/h6-15,18-19H,16-17H2,1-5H3/t18-,19+. The number of ether oxygens (including phenoxy) is 2. The summed E-state index contributed by atoms with van der Waals surface area (Å²) in [6, 6.07) is 14.7. The molecule has 0 amide bonds. The van der Waals surface area contributed by atoms with E-state index in [-0.39, 0.29) is 12.2 Å². The second-order valence-electron chi connectivity index (χ2n) is 9.28. The lowest BCUT2D eigenvalue weighted by molar-refractivity contribution is -0.00521. The number of fused-ring (bicyclic) bond motifs is 1. The number of para-hydroxylation sites is 1. The maximum absolute atomic E-state index is 5.92. The van der Waals surface area contributed by atoms with Gasteiger partial charge in [-0.15, -0.1) is 0 Å². The Balaban J connectivity index is 1.51. The smallest absolute Gasteiger partial charge is 0.224 e. The van der Waals surface area contributed by atoms with E-state index in [0.717, 1.165) is 52.0 Å². The molecule has 2 atom stereocenters. The quantitative estimate of drug-likeness (QED) is 0.405. The normalized spacial score (nSPS) is 18.0. The molecule has 2 aromatic heterocycles. The van der Waals surface area contributed by atoms with Gasteiger partial charge in [-0.05, 0) is 37.6 Å². The molecule has 0 aliphatic carbocycles. The van der Waals surface area contributed by atoms with Gasteiger partial charge in [0.05, 0.1) is 24.8 Å². The number of nitrogens with zero attached hydrogens (tertiary/aromatic N) is 5. The molecule has 7 heteroatoms. The summed E-state index contributed by atoms with van der Waals surface area (Å²) >= 11 is 0. The number of hydrogen-bond donors (Lipinski definition) is 0. The Morgan fingerprint density at radius 3 is 2.17 bits per heavy atom. The third-order valence-corrected chi connectivity index (χ3v) is 6.36. The Kier molecular flexibility index (Phi) is 6.26. The van der Waals surface area contributed by atoms with Crippen LogP contribution in [0.3, 0.4) is 0 Å². The van der Waals surface area contributed by atoms with Crippen LogP contribution in [0.2, 0.25) is 0 Å². The topological polar surface area (TPSA) is 63.6 Å². The third kappa shape index (κ3) is 4.51. The van der Waals surface area contributed by atoms with Crippen molar-refractivity contribution in [3.8, 4) is 28.0 Å². The number of benzene rings is 2. The molecule has 3 heterocycles. The fraction of sp³-hybridized carbons (Fsp3) is 0.321. The zero-order valence-corrected chi connectivity index (χ0v) is 20.9. The molecule has 1 fully saturated rings. The van der Waals surface area contributed by atoms with E-state index >= 15 is 0 Å². The van der Waals surface area contributed by atoms with Crippen molar-refractivity contribution >= 4 is 22.5 Å². The lowest BCUT2D eigenvalue weighted by atomic mass is 9.99. The number of morpholine rings is 1. The molecule has 1 saturated heterocycles. The van der Waals surface area contributed by atoms with Gasteiger partial charge in [-0.3, -0.25) is 4.98 Å². The first-order valence-corrected chi connectivity index (χ1v) is 11.9. The fourth-order valence-electron chi connectivity index (χ4n) is 4.79. The number of aromatic nitrogens is 3. The fourth-order valence-corrected chi connectivity index (χ4v) is 4.79. The molecule has 0 bridgehead atoms. The van der Waals surface area contributed by atoms with Crippen LogP contribution in [0.25, 0.3) is 33.2 Å². The summed E-state index contributed by atoms with van der Waals surface area (Å²) in [6.07, 6.45) is 6.02. The summed E-state index contributed by atoms with van der Waals surface area (Å²) < 4.78 is 11.8. The van der Waals surface area contributed by atoms with Gasteiger partial charge in [0, 0.05) is 73.5 Å². The van der Waals surface area contributed by atoms with Gasteiger partial charge in [0.1, 0.15) is 5.75 Å². The molecule has 0 spiro atoms. The molecule has 1 aliphatic rings. The van der Waals surface area contributed by atoms with Gasteiger partial charge in [-0.1, -0.05) is 24.3 Å². The van der Waals surface area contributed by atoms with E-state index in [0.29, 0.717) is 5.95 Å². The van der Waals surface area contributed by atoms with Crippen molar-refractivity contribution in [1.82, 2.24) is 15.0 Å². The summed E-state index contributed by atoms with van der Waals surface area (Å²) in [5.41, 5.74) is 5.99. The number of rotatable bonds is 5. The van der Waals surface area contributed by atoms with E-state index in [4.69, 9.17) is 14.5 Å². The molecule has 0 saturated carbocycles. The zero-order valence-electron chi connectivity index (χ0n) is 20.9. The van der Waals surface area contributed by atoms with Crippen LogP contribution in [-0.2, 0) is 4.74 Å². The van der Waals surface area contributed by atoms with Gasteiger partial charge in [0.2, 0.25) is 5.95 Å². The van der Waals surface area contributed by atoms with Gasteiger partial charge < -0.3 is 19.3 Å². The average Bonchev–Trinajstić information content (AvgIpc) is 2.87. The maximum Gasteiger partial charge on any atom is 0.224 e. The van der Waals surface area contributed by atoms with E-state index in [9.17, 15) is 0 Å². The van der Waals surface area contributed by atoms with Crippen LogP contribution in [0.4, 0.5) is 11.6 Å². The minimum Gasteiger partial charge on any atom is -0.495 e. The van der Waals surface area contributed by atoms with E-state index < -0.39 is 0 Å². The van der Waals surface area contributed by atoms with Crippen LogP contribution in [0, 0.1) is 0 Å². The van der Waals surface area contributed by atoms with Gasteiger partial charge in [-0.25, -0.2) is 9.97 Å². The van der Waals surface area contributed by atoms with Crippen LogP contribution in [0.5, 0.6) is 5.75 Å². The van der Waals surface area contributed by atoms with Crippen LogP contribution >= 0.6 is 0 Å². The predicted octanol–water partition coefficient (Wildman–Crippen LogP) is 5.05. The van der Waals surface area contributed by atoms with Gasteiger partial charge in [0.15, 0.2) is 0 Å². The van der Waals surface area contributed by atoms with Crippen molar-refractivity contribution in [2.75, 3.05) is 44.1 Å². The number of pyridine rings is 1. The van der Waals surface area contributed by atoms with Crippen LogP contribution < -0.4 is 14.5 Å². The highest BCUT2D eigenvalue weighted by Crippen LogP contribution is 2.39. The first-order valence-electron chi connectivity index (χ1n) is 11.9. The Morgan fingerprint density at radius 1 is 0.857 bits per heavy atom. The zero-order chi connectivity index (χ0) is 24.5. The molecule has 4 aromatic rings. The molecule has 35 heavy (non-hydrogen) atoms. The second kappa shape index (κ2) is 9.50. The van der Waals surface area contributed by atoms with E-state index in [1.54, 1.807) is 7.11 Å². The highest BCUT2D eigenvalue weighted by atomic mass is 16.5. The predicted molar refractivity (Wildman–Crippen MR) is 141 cm³/mol. The van der Waals surface area contributed by atoms with E-state index in [2.05, 4.69) is 53.0 Å². The summed E-state index contributed by atoms with van der Waals surface area (Å²) in [7, 11) is 5.57. The molecule has 5 rings (SSSR count). The number of hydrogen-bond acceptors (Lipinski definition) is 7. The van der Waals surface area contributed by atoms with Crippen molar-refractivity contribution in [2.24, 2.45) is 0 Å².